The van der Waals surface area contributed by atoms with Gasteiger partial charge < -0.3 is 10.1 Å². The second-order valence-corrected chi connectivity index (χ2v) is 6.35. The molecule has 1 N–H and O–H groups in total. The number of pyridine rings is 1. The predicted octanol–water partition coefficient (Wildman–Crippen LogP) is 5.92. The third-order valence-corrected chi connectivity index (χ3v) is 5.01. The van der Waals surface area contributed by atoms with Crippen LogP contribution in [0.2, 0.25) is 25.2 Å². The third kappa shape index (κ3) is 3.78. The first-order chi connectivity index (χ1) is 10.8. The number of amides is 1. The molecule has 0 saturated carbocycles. The Kier molecular flexibility index (Phi) is 5.87. The lowest BCUT2D eigenvalue weighted by molar-refractivity contribution is 0.102. The summed E-state index contributed by atoms with van der Waals surface area (Å²) in [5, 5.41) is 2.86. The molecule has 0 bridgehead atoms. The van der Waals surface area contributed by atoms with Crippen LogP contribution in [0.15, 0.2) is 12.1 Å². The van der Waals surface area contributed by atoms with Crippen molar-refractivity contribution in [3.05, 3.63) is 48.6 Å². The molecular formula is C14H9Cl5N2O2. The molecule has 1 amide bonds. The minimum atomic E-state index is -0.615. The van der Waals surface area contributed by atoms with Crippen LogP contribution >= 0.6 is 58.0 Å². The van der Waals surface area contributed by atoms with Gasteiger partial charge in [-0.2, -0.15) is 0 Å². The number of hydrogen-bond acceptors (Lipinski definition) is 3. The van der Waals surface area contributed by atoms with Gasteiger partial charge in [-0.25, -0.2) is 4.98 Å². The van der Waals surface area contributed by atoms with E-state index in [1.54, 1.807) is 19.1 Å². The van der Waals surface area contributed by atoms with E-state index in [1.807, 2.05) is 0 Å². The van der Waals surface area contributed by atoms with Crippen molar-refractivity contribution in [1.82, 2.24) is 4.98 Å². The van der Waals surface area contributed by atoms with Crippen molar-refractivity contribution >= 4 is 69.6 Å². The molecule has 1 aromatic heterocycles. The largest absolute Gasteiger partial charge is 0.495 e. The molecule has 0 atom stereocenters. The summed E-state index contributed by atoms with van der Waals surface area (Å²) in [7, 11) is 1.46. The van der Waals surface area contributed by atoms with Crippen molar-refractivity contribution in [1.29, 1.82) is 0 Å². The zero-order valence-electron chi connectivity index (χ0n) is 11.8. The van der Waals surface area contributed by atoms with Crippen molar-refractivity contribution in [2.75, 3.05) is 12.4 Å². The molecule has 9 heteroatoms. The summed E-state index contributed by atoms with van der Waals surface area (Å²) in [5.74, 6) is -0.230. The van der Waals surface area contributed by atoms with E-state index in [0.717, 1.165) is 5.56 Å². The lowest BCUT2D eigenvalue weighted by atomic mass is 10.2. The van der Waals surface area contributed by atoms with E-state index in [1.165, 1.54) is 7.11 Å². The zero-order valence-corrected chi connectivity index (χ0v) is 15.6. The number of hydrogen-bond donors (Lipinski definition) is 1. The molecule has 122 valence electrons. The number of halogens is 5. The van der Waals surface area contributed by atoms with Gasteiger partial charge in [0.15, 0.2) is 0 Å². The van der Waals surface area contributed by atoms with E-state index in [0.29, 0.717) is 16.5 Å². The summed E-state index contributed by atoms with van der Waals surface area (Å²) in [5.41, 5.74) is 1.01. The predicted molar refractivity (Wildman–Crippen MR) is 95.0 cm³/mol. The number of aryl methyl sites for hydroxylation is 1. The molecule has 1 aromatic carbocycles. The van der Waals surface area contributed by atoms with Crippen molar-refractivity contribution in [2.24, 2.45) is 0 Å². The fourth-order valence-corrected chi connectivity index (χ4v) is 2.72. The second-order valence-electron chi connectivity index (χ2n) is 4.45. The standard InChI is InChI=1S/C14H9Cl5N2O2/c1-5-3-7(8(23-2)4-6(5)15)20-14(22)12-10(17)9(16)11(18)13(19)21-12/h3-4H,1-2H3,(H,20,22). The van der Waals surface area contributed by atoms with Crippen LogP contribution in [-0.4, -0.2) is 18.0 Å². The molecule has 23 heavy (non-hydrogen) atoms. The van der Waals surface area contributed by atoms with Crippen molar-refractivity contribution in [2.45, 2.75) is 6.92 Å². The third-order valence-electron chi connectivity index (χ3n) is 2.93. The highest BCUT2D eigenvalue weighted by Crippen LogP contribution is 2.37. The van der Waals surface area contributed by atoms with E-state index in [-0.39, 0.29) is 25.9 Å². The first kappa shape index (κ1) is 18.4. The fourth-order valence-electron chi connectivity index (χ4n) is 1.75. The fraction of sp³-hybridized carbons (Fsp3) is 0.143. The molecule has 0 unspecified atom stereocenters. The highest BCUT2D eigenvalue weighted by Gasteiger charge is 2.21. The van der Waals surface area contributed by atoms with Crippen molar-refractivity contribution in [3.63, 3.8) is 0 Å². The first-order valence-corrected chi connectivity index (χ1v) is 8.00. The van der Waals surface area contributed by atoms with Gasteiger partial charge in [0.1, 0.15) is 16.6 Å². The summed E-state index contributed by atoms with van der Waals surface area (Å²) in [6, 6.07) is 3.25. The van der Waals surface area contributed by atoms with E-state index < -0.39 is 5.91 Å². The molecule has 0 aliphatic carbocycles. The summed E-state index contributed by atoms with van der Waals surface area (Å²) < 4.78 is 5.19. The van der Waals surface area contributed by atoms with E-state index in [2.05, 4.69) is 10.3 Å². The minimum absolute atomic E-state index is 0.0187. The van der Waals surface area contributed by atoms with Gasteiger partial charge in [0.25, 0.3) is 5.91 Å². The molecule has 0 fully saturated rings. The van der Waals surface area contributed by atoms with Crippen LogP contribution in [0, 0.1) is 6.92 Å². The Hall–Kier alpha value is -0.910. The highest BCUT2D eigenvalue weighted by atomic mass is 35.5. The Morgan fingerprint density at radius 2 is 1.74 bits per heavy atom. The van der Waals surface area contributed by atoms with E-state index >= 15 is 0 Å². The zero-order chi connectivity index (χ0) is 17.3. The Labute approximate surface area is 157 Å². The van der Waals surface area contributed by atoms with Crippen molar-refractivity contribution < 1.29 is 9.53 Å². The minimum Gasteiger partial charge on any atom is -0.495 e. The summed E-state index contributed by atoms with van der Waals surface area (Å²) in [6.07, 6.45) is 0. The van der Waals surface area contributed by atoms with E-state index in [9.17, 15) is 4.79 Å². The number of benzene rings is 1. The van der Waals surface area contributed by atoms with Crippen molar-refractivity contribution in [3.8, 4) is 5.75 Å². The maximum Gasteiger partial charge on any atom is 0.276 e. The van der Waals surface area contributed by atoms with Gasteiger partial charge in [0.2, 0.25) is 0 Å². The Balaban J connectivity index is 2.43. The molecule has 2 aromatic rings. The summed E-state index contributed by atoms with van der Waals surface area (Å²) in [4.78, 5) is 16.3. The monoisotopic (exact) mass is 412 g/mol. The van der Waals surface area contributed by atoms with Crippen LogP contribution in [0.25, 0.3) is 0 Å². The average molecular weight is 415 g/mol. The highest BCUT2D eigenvalue weighted by molar-refractivity contribution is 6.52. The number of anilines is 1. The molecule has 2 rings (SSSR count). The van der Waals surface area contributed by atoms with Gasteiger partial charge >= 0.3 is 0 Å². The number of ether oxygens (including phenoxy) is 1. The topological polar surface area (TPSA) is 51.2 Å². The van der Waals surface area contributed by atoms with Crippen LogP contribution in [0.4, 0.5) is 5.69 Å². The Bertz CT molecular complexity index is 795. The molecule has 0 aliphatic heterocycles. The van der Waals surface area contributed by atoms with Gasteiger partial charge in [0.05, 0.1) is 27.9 Å². The normalized spacial score (nSPS) is 10.6. The van der Waals surface area contributed by atoms with Crippen LogP contribution in [0.5, 0.6) is 5.75 Å². The number of carbonyl (C=O) groups is 1. The van der Waals surface area contributed by atoms with Gasteiger partial charge in [-0.1, -0.05) is 58.0 Å². The molecular weight excluding hydrogens is 405 g/mol. The maximum absolute atomic E-state index is 12.4. The van der Waals surface area contributed by atoms with Gasteiger partial charge in [-0.3, -0.25) is 4.79 Å². The maximum atomic E-state index is 12.4. The van der Waals surface area contributed by atoms with Gasteiger partial charge in [-0.05, 0) is 18.6 Å². The molecule has 0 spiro atoms. The summed E-state index contributed by atoms with van der Waals surface area (Å²) in [6.45, 7) is 1.79. The van der Waals surface area contributed by atoms with Crippen LogP contribution in [0.3, 0.4) is 0 Å². The van der Waals surface area contributed by atoms with Crippen LogP contribution in [-0.2, 0) is 0 Å². The Morgan fingerprint density at radius 1 is 1.09 bits per heavy atom. The van der Waals surface area contributed by atoms with E-state index in [4.69, 9.17) is 62.7 Å². The number of nitrogens with one attached hydrogen (secondary N) is 1. The number of nitrogens with zero attached hydrogens (tertiary/aromatic N) is 1. The average Bonchev–Trinajstić information content (AvgIpc) is 2.51. The molecule has 0 radical (unpaired) electrons. The summed E-state index contributed by atoms with van der Waals surface area (Å²) >= 11 is 29.6. The molecule has 1 heterocycles. The number of methoxy groups -OCH3 is 1. The Morgan fingerprint density at radius 3 is 2.35 bits per heavy atom. The van der Waals surface area contributed by atoms with Gasteiger partial charge in [0, 0.05) is 11.1 Å². The second kappa shape index (κ2) is 7.32. The quantitative estimate of drug-likeness (QED) is 0.635. The lowest BCUT2D eigenvalue weighted by Crippen LogP contribution is -2.15. The lowest BCUT2D eigenvalue weighted by Gasteiger charge is -2.13. The number of aromatic nitrogens is 1. The SMILES string of the molecule is COc1cc(Cl)c(C)cc1NC(=O)c1nc(Cl)c(Cl)c(Cl)c1Cl. The number of rotatable bonds is 3. The van der Waals surface area contributed by atoms with Gasteiger partial charge in [-0.15, -0.1) is 0 Å². The molecule has 0 aliphatic rings. The molecule has 0 saturated heterocycles. The van der Waals surface area contributed by atoms with Crippen LogP contribution in [0.1, 0.15) is 16.1 Å². The van der Waals surface area contributed by atoms with Crippen LogP contribution < -0.4 is 10.1 Å². The first-order valence-electron chi connectivity index (χ1n) is 6.11. The smallest absolute Gasteiger partial charge is 0.276 e. The number of carbonyl (C=O) groups excluding carboxylic acids is 1. The molecule has 4 nitrogen and oxygen atoms in total.